The Morgan fingerprint density at radius 1 is 1.10 bits per heavy atom. The van der Waals surface area contributed by atoms with Gasteiger partial charge in [-0.05, 0) is 37.5 Å². The number of anilines is 2. The number of aromatic nitrogens is 5. The van der Waals surface area contributed by atoms with Gasteiger partial charge in [0, 0.05) is 13.6 Å². The van der Waals surface area contributed by atoms with Gasteiger partial charge in [-0.15, -0.1) is 5.10 Å². The second-order valence-corrected chi connectivity index (χ2v) is 8.03. The largest absolute Gasteiger partial charge is 0.504 e. The van der Waals surface area contributed by atoms with Gasteiger partial charge >= 0.3 is 0 Å². The lowest BCUT2D eigenvalue weighted by atomic mass is 10.1. The van der Waals surface area contributed by atoms with Crippen molar-refractivity contribution in [3.05, 3.63) is 23.8 Å². The van der Waals surface area contributed by atoms with Gasteiger partial charge in [-0.2, -0.15) is 9.97 Å². The summed E-state index contributed by atoms with van der Waals surface area (Å²) in [6.45, 7) is 8.39. The van der Waals surface area contributed by atoms with Gasteiger partial charge in [-0.1, -0.05) is 25.1 Å². The lowest BCUT2D eigenvalue weighted by Gasteiger charge is -2.22. The van der Waals surface area contributed by atoms with Crippen LogP contribution in [0.15, 0.2) is 18.2 Å². The predicted octanol–water partition coefficient (Wildman–Crippen LogP) is 2.28. The molecule has 0 amide bonds. The lowest BCUT2D eigenvalue weighted by Crippen LogP contribution is -2.31. The van der Waals surface area contributed by atoms with Crippen LogP contribution in [0.4, 0.5) is 11.8 Å². The Hall–Kier alpha value is -3.14. The van der Waals surface area contributed by atoms with E-state index >= 15 is 0 Å². The van der Waals surface area contributed by atoms with Gasteiger partial charge in [0.05, 0.1) is 18.7 Å². The predicted molar refractivity (Wildman–Crippen MR) is 115 cm³/mol. The van der Waals surface area contributed by atoms with Crippen molar-refractivity contribution < 1.29 is 15.3 Å². The Balaban J connectivity index is 2.03. The van der Waals surface area contributed by atoms with Crippen LogP contribution in [0.2, 0.25) is 0 Å². The summed E-state index contributed by atoms with van der Waals surface area (Å²) >= 11 is 0. The Kier molecular flexibility index (Phi) is 6.25. The summed E-state index contributed by atoms with van der Waals surface area (Å²) in [7, 11) is 1.86. The first-order chi connectivity index (χ1) is 14.2. The molecule has 2 aromatic heterocycles. The van der Waals surface area contributed by atoms with Crippen molar-refractivity contribution in [1.29, 1.82) is 0 Å². The fraction of sp³-hybridized carbons (Fsp3) is 0.500. The Labute approximate surface area is 175 Å². The molecule has 10 nitrogen and oxygen atoms in total. The average Bonchev–Trinajstić information content (AvgIpc) is 3.12. The van der Waals surface area contributed by atoms with Crippen molar-refractivity contribution in [1.82, 2.24) is 25.0 Å². The van der Waals surface area contributed by atoms with Crippen LogP contribution < -0.4 is 10.2 Å². The van der Waals surface area contributed by atoms with E-state index in [2.05, 4.69) is 25.6 Å². The maximum Gasteiger partial charge on any atom is 0.227 e. The van der Waals surface area contributed by atoms with E-state index in [1.807, 2.05) is 39.6 Å². The third-order valence-corrected chi connectivity index (χ3v) is 4.93. The molecule has 0 unspecified atom stereocenters. The summed E-state index contributed by atoms with van der Waals surface area (Å²) in [5, 5.41) is 40.8. The molecule has 1 aromatic carbocycles. The zero-order valence-electron chi connectivity index (χ0n) is 17.9. The number of hydrogen-bond acceptors (Lipinski definition) is 9. The van der Waals surface area contributed by atoms with Gasteiger partial charge in [0.25, 0.3) is 0 Å². The highest BCUT2D eigenvalue weighted by atomic mass is 16.3. The normalized spacial score (nSPS) is 12.7. The maximum atomic E-state index is 9.79. The molecule has 0 radical (unpaired) electrons. The number of nitrogens with zero attached hydrogens (tertiary/aromatic N) is 6. The molecule has 0 bridgehead atoms. The number of hydrogen-bond donors (Lipinski definition) is 4. The molecule has 0 fully saturated rings. The van der Waals surface area contributed by atoms with Gasteiger partial charge in [-0.25, -0.2) is 4.68 Å². The molecule has 0 aliphatic heterocycles. The van der Waals surface area contributed by atoms with Crippen LogP contribution in [0.3, 0.4) is 0 Å². The molecule has 162 valence electrons. The highest BCUT2D eigenvalue weighted by molar-refractivity contribution is 5.84. The topological polar surface area (TPSA) is 132 Å². The van der Waals surface area contributed by atoms with Gasteiger partial charge in [0.1, 0.15) is 0 Å². The SMILES string of the molecule is CC(C)[C@H](CO)Nc1nc(N(C)Cc2ccc(O)c(O)c2)c2nnn(C(C)C)c2n1. The molecule has 10 heteroatoms. The van der Waals surface area contributed by atoms with Crippen molar-refractivity contribution in [2.45, 2.75) is 46.3 Å². The third kappa shape index (κ3) is 4.38. The first-order valence-corrected chi connectivity index (χ1v) is 9.93. The second-order valence-electron chi connectivity index (χ2n) is 8.03. The number of phenols is 2. The quantitative estimate of drug-likeness (QED) is 0.409. The standard InChI is InChI=1S/C20H29N7O3/c1-11(2)14(10-28)21-20-22-18(17-19(23-20)27(12(3)4)25-24-17)26(5)9-13-6-7-15(29)16(30)8-13/h6-8,11-12,14,28-30H,9-10H2,1-5H3,(H,21,22,23)/t14-/m0/s1. The minimum Gasteiger partial charge on any atom is -0.504 e. The minimum atomic E-state index is -0.196. The Morgan fingerprint density at radius 3 is 2.43 bits per heavy atom. The van der Waals surface area contributed by atoms with E-state index in [1.54, 1.807) is 10.7 Å². The maximum absolute atomic E-state index is 9.79. The summed E-state index contributed by atoms with van der Waals surface area (Å²) in [4.78, 5) is 11.1. The smallest absolute Gasteiger partial charge is 0.227 e. The van der Waals surface area contributed by atoms with E-state index in [0.717, 1.165) is 5.56 Å². The highest BCUT2D eigenvalue weighted by Gasteiger charge is 2.21. The Bertz CT molecular complexity index is 1020. The molecule has 2 heterocycles. The van der Waals surface area contributed by atoms with Crippen molar-refractivity contribution in [2.24, 2.45) is 5.92 Å². The molecule has 30 heavy (non-hydrogen) atoms. The van der Waals surface area contributed by atoms with Gasteiger partial charge in [0.2, 0.25) is 5.95 Å². The number of aliphatic hydroxyl groups is 1. The summed E-state index contributed by atoms with van der Waals surface area (Å²) in [5.41, 5.74) is 1.95. The molecule has 0 aliphatic carbocycles. The summed E-state index contributed by atoms with van der Waals surface area (Å²) in [5.74, 6) is 0.798. The number of fused-ring (bicyclic) bond motifs is 1. The number of rotatable bonds is 8. The fourth-order valence-corrected chi connectivity index (χ4v) is 3.10. The van der Waals surface area contributed by atoms with Crippen molar-refractivity contribution in [3.8, 4) is 11.5 Å². The number of phenolic OH excluding ortho intramolecular Hbond substituents is 2. The molecular formula is C20H29N7O3. The molecule has 1 atom stereocenters. The zero-order valence-corrected chi connectivity index (χ0v) is 17.9. The van der Waals surface area contributed by atoms with E-state index < -0.39 is 0 Å². The minimum absolute atomic E-state index is 0.0429. The summed E-state index contributed by atoms with van der Waals surface area (Å²) in [6.07, 6.45) is 0. The molecule has 3 aromatic rings. The van der Waals surface area contributed by atoms with Crippen molar-refractivity contribution in [3.63, 3.8) is 0 Å². The summed E-state index contributed by atoms with van der Waals surface area (Å²) < 4.78 is 1.73. The van der Waals surface area contributed by atoms with Gasteiger partial charge < -0.3 is 25.5 Å². The number of aliphatic hydroxyl groups excluding tert-OH is 1. The van der Waals surface area contributed by atoms with Crippen LogP contribution in [-0.4, -0.2) is 60.0 Å². The van der Waals surface area contributed by atoms with E-state index in [1.165, 1.54) is 12.1 Å². The monoisotopic (exact) mass is 415 g/mol. The van der Waals surface area contributed by atoms with Crippen LogP contribution in [0, 0.1) is 5.92 Å². The van der Waals surface area contributed by atoms with E-state index in [0.29, 0.717) is 29.5 Å². The third-order valence-electron chi connectivity index (χ3n) is 4.93. The van der Waals surface area contributed by atoms with Crippen LogP contribution in [0.5, 0.6) is 11.5 Å². The fourth-order valence-electron chi connectivity index (χ4n) is 3.10. The molecule has 4 N–H and O–H groups in total. The summed E-state index contributed by atoms with van der Waals surface area (Å²) in [6, 6.07) is 4.55. The number of aromatic hydroxyl groups is 2. The van der Waals surface area contributed by atoms with Crippen LogP contribution in [0.25, 0.3) is 11.2 Å². The molecule has 0 spiro atoms. The molecule has 0 aliphatic rings. The molecule has 3 rings (SSSR count). The Morgan fingerprint density at radius 2 is 1.83 bits per heavy atom. The lowest BCUT2D eigenvalue weighted by molar-refractivity contribution is 0.248. The van der Waals surface area contributed by atoms with Crippen molar-refractivity contribution >= 4 is 22.9 Å². The highest BCUT2D eigenvalue weighted by Crippen LogP contribution is 2.29. The average molecular weight is 415 g/mol. The number of benzene rings is 1. The zero-order chi connectivity index (χ0) is 22.0. The molecule has 0 saturated carbocycles. The van der Waals surface area contributed by atoms with Gasteiger partial charge in [0.15, 0.2) is 28.5 Å². The van der Waals surface area contributed by atoms with Crippen LogP contribution >= 0.6 is 0 Å². The molecule has 0 saturated heterocycles. The first-order valence-electron chi connectivity index (χ1n) is 9.93. The first kappa shape index (κ1) is 21.6. The van der Waals surface area contributed by atoms with E-state index in [4.69, 9.17) is 0 Å². The van der Waals surface area contributed by atoms with Crippen molar-refractivity contribution in [2.75, 3.05) is 23.9 Å². The second kappa shape index (κ2) is 8.70. The van der Waals surface area contributed by atoms with Crippen LogP contribution in [0.1, 0.15) is 39.3 Å². The molecular weight excluding hydrogens is 386 g/mol. The van der Waals surface area contributed by atoms with Gasteiger partial charge in [-0.3, -0.25) is 0 Å². The van der Waals surface area contributed by atoms with E-state index in [-0.39, 0.29) is 36.1 Å². The van der Waals surface area contributed by atoms with E-state index in [9.17, 15) is 15.3 Å². The van der Waals surface area contributed by atoms with Crippen LogP contribution in [-0.2, 0) is 6.54 Å². The number of nitrogens with one attached hydrogen (secondary N) is 1.